The lowest BCUT2D eigenvalue weighted by atomic mass is 9.91. The Labute approximate surface area is 236 Å². The highest BCUT2D eigenvalue weighted by Crippen LogP contribution is 2.34. The van der Waals surface area contributed by atoms with Crippen molar-refractivity contribution in [3.63, 3.8) is 0 Å². The number of para-hydroxylation sites is 1. The van der Waals surface area contributed by atoms with Crippen molar-refractivity contribution in [2.45, 2.75) is 39.2 Å². The number of pyridine rings is 1. The quantitative estimate of drug-likeness (QED) is 0.238. The number of ether oxygens (including phenoxy) is 1. The number of halogens is 2. The molecule has 2 aromatic carbocycles. The molecule has 10 heteroatoms. The van der Waals surface area contributed by atoms with Crippen molar-refractivity contribution in [2.75, 3.05) is 25.0 Å². The van der Waals surface area contributed by atoms with Crippen LogP contribution in [0, 0.1) is 18.6 Å². The maximum atomic E-state index is 15.0. The minimum absolute atomic E-state index is 0.0918. The lowest BCUT2D eigenvalue weighted by Crippen LogP contribution is -2.27. The summed E-state index contributed by atoms with van der Waals surface area (Å²) in [4.78, 5) is 14.0. The largest absolute Gasteiger partial charge is 0.494 e. The van der Waals surface area contributed by atoms with Crippen molar-refractivity contribution >= 4 is 22.4 Å². The van der Waals surface area contributed by atoms with Crippen LogP contribution >= 0.6 is 0 Å². The van der Waals surface area contributed by atoms with Crippen molar-refractivity contribution in [1.29, 1.82) is 0 Å². The first-order valence-electron chi connectivity index (χ1n) is 13.8. The summed E-state index contributed by atoms with van der Waals surface area (Å²) in [7, 11) is 0. The molecule has 0 spiro atoms. The number of nitrogens with one attached hydrogen (secondary N) is 2. The van der Waals surface area contributed by atoms with Crippen LogP contribution < -0.4 is 15.4 Å². The molecule has 1 saturated heterocycles. The van der Waals surface area contributed by atoms with Gasteiger partial charge in [0.25, 0.3) is 0 Å². The Bertz CT molecular complexity index is 1670. The van der Waals surface area contributed by atoms with Crippen molar-refractivity contribution in [1.82, 2.24) is 30.0 Å². The van der Waals surface area contributed by atoms with Crippen LogP contribution in [0.1, 0.15) is 42.5 Å². The summed E-state index contributed by atoms with van der Waals surface area (Å²) < 4.78 is 36.8. The molecule has 3 aromatic heterocycles. The highest BCUT2D eigenvalue weighted by Gasteiger charge is 2.23. The summed E-state index contributed by atoms with van der Waals surface area (Å²) in [5, 5.41) is 12.5. The molecule has 1 fully saturated rings. The van der Waals surface area contributed by atoms with Gasteiger partial charge in [0.1, 0.15) is 28.9 Å². The van der Waals surface area contributed by atoms with Gasteiger partial charge in [-0.3, -0.25) is 9.67 Å². The van der Waals surface area contributed by atoms with Gasteiger partial charge in [-0.25, -0.2) is 18.7 Å². The third kappa shape index (κ3) is 5.60. The third-order valence-electron chi connectivity index (χ3n) is 7.36. The summed E-state index contributed by atoms with van der Waals surface area (Å²) in [5.74, 6) is 0.250. The van der Waals surface area contributed by atoms with Crippen LogP contribution in [0.4, 0.5) is 20.3 Å². The molecule has 0 amide bonds. The second kappa shape index (κ2) is 11.6. The predicted molar refractivity (Wildman–Crippen MR) is 154 cm³/mol. The summed E-state index contributed by atoms with van der Waals surface area (Å²) >= 11 is 0. The van der Waals surface area contributed by atoms with Crippen molar-refractivity contribution < 1.29 is 13.5 Å². The van der Waals surface area contributed by atoms with E-state index in [0.717, 1.165) is 59.6 Å². The van der Waals surface area contributed by atoms with Gasteiger partial charge in [-0.05, 0) is 63.9 Å². The Hall–Kier alpha value is -4.44. The molecule has 0 unspecified atom stereocenters. The van der Waals surface area contributed by atoms with Crippen molar-refractivity contribution in [3.05, 3.63) is 89.4 Å². The maximum absolute atomic E-state index is 15.0. The molecule has 1 aliphatic rings. The van der Waals surface area contributed by atoms with E-state index < -0.39 is 11.6 Å². The second-order valence-corrected chi connectivity index (χ2v) is 10.2. The molecule has 0 aliphatic carbocycles. The van der Waals surface area contributed by atoms with Gasteiger partial charge in [0.15, 0.2) is 5.82 Å². The first-order chi connectivity index (χ1) is 20.0. The molecule has 4 heterocycles. The number of anilines is 2. The Morgan fingerprint density at radius 1 is 1.05 bits per heavy atom. The van der Waals surface area contributed by atoms with E-state index >= 15 is 0 Å². The van der Waals surface area contributed by atoms with Crippen molar-refractivity contribution in [3.8, 4) is 17.3 Å². The number of aromatic nitrogens is 5. The fourth-order valence-electron chi connectivity index (χ4n) is 5.34. The topological polar surface area (TPSA) is 89.8 Å². The average molecular weight is 556 g/mol. The maximum Gasteiger partial charge on any atom is 0.182 e. The molecule has 210 valence electrons. The Morgan fingerprint density at radius 2 is 1.83 bits per heavy atom. The van der Waals surface area contributed by atoms with Crippen LogP contribution in [0.5, 0.6) is 5.75 Å². The zero-order chi connectivity index (χ0) is 28.3. The number of piperidine rings is 1. The fraction of sp³-hybridized carbons (Fsp3) is 0.290. The summed E-state index contributed by atoms with van der Waals surface area (Å²) in [6, 6.07) is 13.9. The monoisotopic (exact) mass is 555 g/mol. The van der Waals surface area contributed by atoms with Gasteiger partial charge in [-0.15, -0.1) is 0 Å². The van der Waals surface area contributed by atoms with Crippen LogP contribution in [-0.4, -0.2) is 44.4 Å². The van der Waals surface area contributed by atoms with Gasteiger partial charge in [0.2, 0.25) is 0 Å². The number of hydrogen-bond acceptors (Lipinski definition) is 7. The van der Waals surface area contributed by atoms with Gasteiger partial charge < -0.3 is 15.4 Å². The Balaban J connectivity index is 1.42. The second-order valence-electron chi connectivity index (χ2n) is 10.2. The van der Waals surface area contributed by atoms with Gasteiger partial charge >= 0.3 is 0 Å². The summed E-state index contributed by atoms with van der Waals surface area (Å²) in [6.45, 7) is 5.81. The van der Waals surface area contributed by atoms with E-state index in [2.05, 4.69) is 15.6 Å². The van der Waals surface area contributed by atoms with Gasteiger partial charge in [-0.1, -0.05) is 18.2 Å². The number of rotatable bonds is 8. The van der Waals surface area contributed by atoms with Crippen LogP contribution in [0.3, 0.4) is 0 Å². The molecule has 0 atom stereocenters. The molecule has 2 N–H and O–H groups in total. The smallest absolute Gasteiger partial charge is 0.182 e. The van der Waals surface area contributed by atoms with E-state index in [9.17, 15) is 8.78 Å². The standard InChI is InChI=1S/C31H31F2N7O/c1-3-41-22-15-26(32)25(27(33)16-22)18-40-28-7-5-4-6-23(28)29(39-40)31-36-17-24(20-8-11-34-12-9-20)30(38-31)37-21-10-13-35-19(2)14-21/h4-7,10,13-17,20,34H,3,8-9,11-12,18H2,1-2H3,(H,35,36,37,38). The number of benzene rings is 2. The molecule has 0 bridgehead atoms. The van der Waals surface area contributed by atoms with Crippen molar-refractivity contribution in [2.24, 2.45) is 0 Å². The SMILES string of the molecule is CCOc1cc(F)c(Cn2nc(-c3ncc(C4CCNCC4)c(Nc4ccnc(C)c4)n3)c3ccccc32)c(F)c1. The average Bonchev–Trinajstić information content (AvgIpc) is 3.34. The Kier molecular flexibility index (Phi) is 7.56. The molecule has 0 saturated carbocycles. The van der Waals surface area contributed by atoms with Gasteiger partial charge in [0, 0.05) is 52.4 Å². The molecule has 6 rings (SSSR count). The zero-order valence-corrected chi connectivity index (χ0v) is 23.0. The molecule has 0 radical (unpaired) electrons. The number of aryl methyl sites for hydroxylation is 1. The predicted octanol–water partition coefficient (Wildman–Crippen LogP) is 6.13. The zero-order valence-electron chi connectivity index (χ0n) is 23.0. The fourth-order valence-corrected chi connectivity index (χ4v) is 5.34. The van der Waals surface area contributed by atoms with Gasteiger partial charge in [0.05, 0.1) is 18.7 Å². The van der Waals surface area contributed by atoms with Crippen LogP contribution in [0.15, 0.2) is 60.9 Å². The van der Waals surface area contributed by atoms with Crippen LogP contribution in [-0.2, 0) is 6.54 Å². The molecular formula is C31H31F2N7O. The molecule has 41 heavy (non-hydrogen) atoms. The van der Waals surface area contributed by atoms with E-state index in [-0.39, 0.29) is 17.9 Å². The lowest BCUT2D eigenvalue weighted by Gasteiger charge is -2.24. The first kappa shape index (κ1) is 26.8. The van der Waals surface area contributed by atoms with E-state index in [0.29, 0.717) is 24.0 Å². The van der Waals surface area contributed by atoms with Crippen LogP contribution in [0.2, 0.25) is 0 Å². The van der Waals surface area contributed by atoms with E-state index in [1.807, 2.05) is 49.5 Å². The van der Waals surface area contributed by atoms with Gasteiger partial charge in [-0.2, -0.15) is 5.10 Å². The Morgan fingerprint density at radius 3 is 2.59 bits per heavy atom. The number of fused-ring (bicyclic) bond motifs is 1. The minimum atomic E-state index is -0.684. The van der Waals surface area contributed by atoms with E-state index in [1.165, 1.54) is 12.1 Å². The highest BCUT2D eigenvalue weighted by atomic mass is 19.1. The van der Waals surface area contributed by atoms with Crippen LogP contribution in [0.25, 0.3) is 22.4 Å². The highest BCUT2D eigenvalue weighted by molar-refractivity contribution is 5.92. The lowest BCUT2D eigenvalue weighted by molar-refractivity contribution is 0.335. The first-order valence-corrected chi connectivity index (χ1v) is 13.8. The summed E-state index contributed by atoms with van der Waals surface area (Å²) in [5.41, 5.74) is 4.00. The van der Waals surface area contributed by atoms with E-state index in [4.69, 9.17) is 19.8 Å². The normalized spacial score (nSPS) is 14.0. The number of hydrogen-bond donors (Lipinski definition) is 2. The molecule has 1 aliphatic heterocycles. The molecule has 8 nitrogen and oxygen atoms in total. The van der Waals surface area contributed by atoms with E-state index in [1.54, 1.807) is 17.8 Å². The summed E-state index contributed by atoms with van der Waals surface area (Å²) in [6.07, 6.45) is 5.62. The molecule has 5 aromatic rings. The third-order valence-corrected chi connectivity index (χ3v) is 7.36. The molecular weight excluding hydrogens is 524 g/mol. The number of nitrogens with zero attached hydrogens (tertiary/aromatic N) is 5. The minimum Gasteiger partial charge on any atom is -0.494 e.